The first-order valence-electron chi connectivity index (χ1n) is 17.7. The topological polar surface area (TPSA) is 150 Å². The van der Waals surface area contributed by atoms with Gasteiger partial charge in [-0.2, -0.15) is 0 Å². The van der Waals surface area contributed by atoms with Crippen LogP contribution in [0.4, 0.5) is 16.2 Å². The van der Waals surface area contributed by atoms with Crippen LogP contribution in [0.5, 0.6) is 0 Å². The van der Waals surface area contributed by atoms with Crippen molar-refractivity contribution in [2.75, 3.05) is 31.3 Å². The van der Waals surface area contributed by atoms with E-state index in [1.807, 2.05) is 113 Å². The molecule has 0 saturated carbocycles. The molecule has 1 aromatic heterocycles. The maximum absolute atomic E-state index is 13.9. The number of H-pyrrole nitrogens is 1. The second kappa shape index (κ2) is 15.0. The summed E-state index contributed by atoms with van der Waals surface area (Å²) in [4.78, 5) is 60.4. The van der Waals surface area contributed by atoms with E-state index in [9.17, 15) is 19.2 Å². The summed E-state index contributed by atoms with van der Waals surface area (Å²) in [5.74, 6) is -0.821. The van der Waals surface area contributed by atoms with E-state index in [0.29, 0.717) is 29.9 Å². The average molecular weight is 715 g/mol. The average Bonchev–Trinajstić information content (AvgIpc) is 3.79. The number of fused-ring (bicyclic) bond motifs is 1. The van der Waals surface area contributed by atoms with Gasteiger partial charge in [0, 0.05) is 45.5 Å². The number of nitrogens with zero attached hydrogens (tertiary/aromatic N) is 2. The third-order valence-electron chi connectivity index (χ3n) is 9.86. The van der Waals surface area contributed by atoms with Crippen LogP contribution in [0.2, 0.25) is 0 Å². The number of carbonyl (C=O) groups is 4. The summed E-state index contributed by atoms with van der Waals surface area (Å²) in [6.45, 7) is 5.98. The zero-order chi connectivity index (χ0) is 37.9. The van der Waals surface area contributed by atoms with Gasteiger partial charge in [0.15, 0.2) is 0 Å². The Balaban J connectivity index is 1.16. The summed E-state index contributed by atoms with van der Waals surface area (Å²) in [5, 5.41) is 6.87. The molecular weight excluding hydrogens is 668 g/mol. The zero-order valence-corrected chi connectivity index (χ0v) is 30.7. The molecule has 2 heterocycles. The van der Waals surface area contributed by atoms with Crippen LogP contribution in [0, 0.1) is 5.41 Å². The Kier molecular flexibility index (Phi) is 10.4. The largest absolute Gasteiger partial charge is 0.427 e. The van der Waals surface area contributed by atoms with Crippen LogP contribution >= 0.6 is 0 Å². The third-order valence-corrected chi connectivity index (χ3v) is 9.86. The van der Waals surface area contributed by atoms with E-state index in [-0.39, 0.29) is 11.8 Å². The normalized spacial score (nSPS) is 16.2. The van der Waals surface area contributed by atoms with E-state index in [4.69, 9.17) is 10.5 Å². The second-order valence-electron chi connectivity index (χ2n) is 14.7. The third kappa shape index (κ3) is 7.52. The molecular formula is C42H46N6O5. The van der Waals surface area contributed by atoms with Gasteiger partial charge in [0.25, 0.3) is 5.91 Å². The second-order valence-corrected chi connectivity index (χ2v) is 14.7. The highest BCUT2D eigenvalue weighted by molar-refractivity contribution is 6.01. The number of rotatable bonds is 10. The lowest BCUT2D eigenvalue weighted by Crippen LogP contribution is -2.54. The lowest BCUT2D eigenvalue weighted by molar-refractivity contribution is -0.148. The first-order chi connectivity index (χ1) is 25.3. The van der Waals surface area contributed by atoms with Crippen LogP contribution in [0.15, 0.2) is 109 Å². The number of aromatic amines is 1. The number of primary amides is 1. The fourth-order valence-electron chi connectivity index (χ4n) is 7.29. The van der Waals surface area contributed by atoms with Crippen molar-refractivity contribution in [1.82, 2.24) is 14.8 Å². The van der Waals surface area contributed by atoms with E-state index in [2.05, 4.69) is 15.6 Å². The molecule has 5 aromatic rings. The predicted octanol–water partition coefficient (Wildman–Crippen LogP) is 7.04. The number of benzene rings is 4. The fourth-order valence-corrected chi connectivity index (χ4v) is 7.29. The Morgan fingerprint density at radius 3 is 2.11 bits per heavy atom. The Hall–Kier alpha value is -5.94. The van der Waals surface area contributed by atoms with Crippen molar-refractivity contribution in [3.05, 3.63) is 120 Å². The van der Waals surface area contributed by atoms with Gasteiger partial charge >= 0.3 is 6.09 Å². The van der Waals surface area contributed by atoms with Crippen molar-refractivity contribution < 1.29 is 23.9 Å². The van der Waals surface area contributed by atoms with Crippen LogP contribution < -0.4 is 16.4 Å². The minimum Gasteiger partial charge on any atom is -0.427 e. The summed E-state index contributed by atoms with van der Waals surface area (Å²) >= 11 is 0. The number of nitrogens with one attached hydrogen (secondary N) is 3. The number of likely N-dealkylation sites (N-methyl/N-ethyl adjacent to an activating group) is 1. The molecule has 0 radical (unpaired) electrons. The molecule has 11 heteroatoms. The Morgan fingerprint density at radius 2 is 1.49 bits per heavy atom. The van der Waals surface area contributed by atoms with E-state index in [1.54, 1.807) is 41.3 Å². The van der Waals surface area contributed by atoms with Gasteiger partial charge in [-0.25, -0.2) is 4.79 Å². The predicted molar refractivity (Wildman–Crippen MR) is 207 cm³/mol. The van der Waals surface area contributed by atoms with Gasteiger partial charge < -0.3 is 31.0 Å². The molecule has 0 bridgehead atoms. The number of hydrogen-bond acceptors (Lipinski definition) is 6. The number of likely N-dealkylation sites (tertiary alicyclic amines) is 1. The molecule has 3 atom stereocenters. The van der Waals surface area contributed by atoms with Gasteiger partial charge in [-0.1, -0.05) is 93.6 Å². The van der Waals surface area contributed by atoms with Crippen molar-refractivity contribution in [2.24, 2.45) is 11.1 Å². The van der Waals surface area contributed by atoms with Gasteiger partial charge in [0.05, 0.1) is 0 Å². The van der Waals surface area contributed by atoms with Crippen LogP contribution in [0.1, 0.15) is 50.8 Å². The van der Waals surface area contributed by atoms with Crippen LogP contribution in [-0.4, -0.2) is 65.3 Å². The SMILES string of the molecule is CN(C)[C@@H](C(=O)N1CCC[C@@H]1C(=O)Nc1ccc2[nH]c(-c3ccc(NC(=O)[C@@](OC(N)=O)(c4ccccc4)C(C)(C)C)cc3)cc2c1)c1ccccc1. The fraction of sp³-hybridized carbons (Fsp3) is 0.286. The van der Waals surface area contributed by atoms with E-state index < -0.39 is 35.1 Å². The van der Waals surface area contributed by atoms with E-state index in [1.165, 1.54) is 0 Å². The molecule has 1 fully saturated rings. The number of ether oxygens (including phenoxy) is 1. The number of hydrogen-bond donors (Lipinski definition) is 4. The first kappa shape index (κ1) is 36.8. The smallest absolute Gasteiger partial charge is 0.405 e. The molecule has 0 spiro atoms. The molecule has 4 amide bonds. The van der Waals surface area contributed by atoms with Crippen molar-refractivity contribution >= 4 is 46.1 Å². The standard InChI is InChI=1S/C42H46N6O5/c1-41(2,3)42(53-40(43)52,30-15-10-7-11-16-30)39(51)45-31-20-18-27(19-21-31)34-26-29-25-32(22-23-33(29)46-34)44-37(49)35-17-12-24-48(35)38(50)36(47(4)5)28-13-8-6-9-14-28/h6-11,13-16,18-23,25-26,35-36,46H,12,17,24H2,1-5H3,(H2,43,52)(H,44,49)(H,45,51)/t35-,36-,42+/m1/s1. The zero-order valence-electron chi connectivity index (χ0n) is 30.7. The van der Waals surface area contributed by atoms with Crippen molar-refractivity contribution in [1.29, 1.82) is 0 Å². The highest BCUT2D eigenvalue weighted by atomic mass is 16.6. The molecule has 1 aliphatic rings. The summed E-state index contributed by atoms with van der Waals surface area (Å²) in [6.07, 6.45) is 0.303. The van der Waals surface area contributed by atoms with Crippen molar-refractivity contribution in [2.45, 2.75) is 51.3 Å². The number of amides is 4. The van der Waals surface area contributed by atoms with Crippen LogP contribution in [-0.2, 0) is 24.7 Å². The summed E-state index contributed by atoms with van der Waals surface area (Å²) < 4.78 is 5.64. The molecule has 6 rings (SSSR count). The number of anilines is 2. The molecule has 1 aliphatic heterocycles. The number of carbonyl (C=O) groups excluding carboxylic acids is 4. The minimum atomic E-state index is -1.69. The Bertz CT molecular complexity index is 2110. The molecule has 274 valence electrons. The molecule has 4 aromatic carbocycles. The minimum absolute atomic E-state index is 0.0844. The first-order valence-corrected chi connectivity index (χ1v) is 17.7. The van der Waals surface area contributed by atoms with Crippen molar-refractivity contribution in [3.63, 3.8) is 0 Å². The van der Waals surface area contributed by atoms with Crippen LogP contribution in [0.25, 0.3) is 22.2 Å². The Labute approximate surface area is 309 Å². The Morgan fingerprint density at radius 1 is 0.849 bits per heavy atom. The van der Waals surface area contributed by atoms with E-state index in [0.717, 1.165) is 34.1 Å². The quantitative estimate of drug-likeness (QED) is 0.122. The molecule has 11 nitrogen and oxygen atoms in total. The van der Waals surface area contributed by atoms with Gasteiger partial charge in [-0.15, -0.1) is 0 Å². The lowest BCUT2D eigenvalue weighted by atomic mass is 9.71. The monoisotopic (exact) mass is 714 g/mol. The molecule has 0 aliphatic carbocycles. The van der Waals surface area contributed by atoms with E-state index >= 15 is 0 Å². The van der Waals surface area contributed by atoms with Crippen LogP contribution in [0.3, 0.4) is 0 Å². The van der Waals surface area contributed by atoms with Gasteiger partial charge in [-0.3, -0.25) is 19.3 Å². The summed E-state index contributed by atoms with van der Waals surface area (Å²) in [5.41, 5.74) is 8.10. The molecule has 0 unspecified atom stereocenters. The molecule has 1 saturated heterocycles. The number of nitrogens with two attached hydrogens (primary N) is 1. The van der Waals surface area contributed by atoms with Gasteiger partial charge in [-0.05, 0) is 74.5 Å². The summed E-state index contributed by atoms with van der Waals surface area (Å²) in [6, 6.07) is 32.4. The highest BCUT2D eigenvalue weighted by Crippen LogP contribution is 2.44. The van der Waals surface area contributed by atoms with Crippen molar-refractivity contribution in [3.8, 4) is 11.3 Å². The number of aromatic nitrogens is 1. The summed E-state index contributed by atoms with van der Waals surface area (Å²) in [7, 11) is 3.75. The maximum Gasteiger partial charge on any atom is 0.405 e. The van der Waals surface area contributed by atoms with Gasteiger partial charge in [0.2, 0.25) is 17.4 Å². The maximum atomic E-state index is 13.9. The van der Waals surface area contributed by atoms with Gasteiger partial charge in [0.1, 0.15) is 12.1 Å². The molecule has 5 N–H and O–H groups in total. The molecule has 53 heavy (non-hydrogen) atoms. The highest BCUT2D eigenvalue weighted by Gasteiger charge is 2.53. The lowest BCUT2D eigenvalue weighted by Gasteiger charge is -2.42.